The van der Waals surface area contributed by atoms with Crippen LogP contribution in [-0.2, 0) is 9.47 Å². The number of hydrogen-bond acceptors (Lipinski definition) is 8. The van der Waals surface area contributed by atoms with Crippen molar-refractivity contribution >= 4 is 35.1 Å². The molecular weight excluding hydrogens is 570 g/mol. The van der Waals surface area contributed by atoms with Crippen molar-refractivity contribution in [3.63, 3.8) is 0 Å². The average molecular weight is 604 g/mol. The van der Waals surface area contributed by atoms with Gasteiger partial charge in [0.05, 0.1) is 22.9 Å². The number of carbonyl (C=O) groups excluding carboxylic acids is 1. The molecule has 1 amide bonds. The lowest BCUT2D eigenvalue weighted by atomic mass is 9.90. The Hall–Kier alpha value is -3.06. The summed E-state index contributed by atoms with van der Waals surface area (Å²) in [5.41, 5.74) is 0.0988. The molecule has 0 radical (unpaired) electrons. The summed E-state index contributed by atoms with van der Waals surface area (Å²) in [6, 6.07) is 3.64. The standard InChI is InChI=1S/C27H34ClF4N5O4/c1-15(17-8-10-36(11-9-17)18-6-7-19(28)22(12-18)41-27(30,31)32)34-24-33-13-20(29)23(35-24)37-21(14-39-25(37)38)16(2)40-26(3,4)5/h6-7,12-13,15-17,21H,8-11,14H2,1-5H3,(H,33,34,35)/t15-,16-,21+/m0/s1. The zero-order valence-electron chi connectivity index (χ0n) is 23.5. The van der Waals surface area contributed by atoms with Crippen LogP contribution in [0.15, 0.2) is 24.4 Å². The number of carbonyl (C=O) groups is 1. The molecule has 0 spiro atoms. The maximum Gasteiger partial charge on any atom is 0.573 e. The molecule has 0 aliphatic carbocycles. The number of nitrogens with one attached hydrogen (secondary N) is 1. The molecule has 3 atom stereocenters. The lowest BCUT2D eigenvalue weighted by Crippen LogP contribution is -2.45. The quantitative estimate of drug-likeness (QED) is 0.346. The number of halogens is 5. The molecule has 1 N–H and O–H groups in total. The van der Waals surface area contributed by atoms with Gasteiger partial charge in [0, 0.05) is 30.9 Å². The van der Waals surface area contributed by atoms with E-state index < -0.39 is 41.8 Å². The van der Waals surface area contributed by atoms with Crippen LogP contribution in [0, 0.1) is 11.7 Å². The fraction of sp³-hybridized carbons (Fsp3) is 0.593. The Morgan fingerprint density at radius 1 is 1.17 bits per heavy atom. The number of alkyl halides is 3. The summed E-state index contributed by atoms with van der Waals surface area (Å²) in [7, 11) is 0. The lowest BCUT2D eigenvalue weighted by molar-refractivity contribution is -0.274. The summed E-state index contributed by atoms with van der Waals surface area (Å²) < 4.78 is 68.3. The molecule has 0 bridgehead atoms. The topological polar surface area (TPSA) is 89.1 Å². The predicted octanol–water partition coefficient (Wildman–Crippen LogP) is 6.41. The average Bonchev–Trinajstić information content (AvgIpc) is 3.26. The van der Waals surface area contributed by atoms with Gasteiger partial charge in [0.2, 0.25) is 5.95 Å². The van der Waals surface area contributed by atoms with E-state index in [2.05, 4.69) is 20.0 Å². The first-order valence-corrected chi connectivity index (χ1v) is 13.7. The molecule has 2 aliphatic heterocycles. The maximum absolute atomic E-state index is 14.9. The van der Waals surface area contributed by atoms with Crippen LogP contribution in [0.2, 0.25) is 5.02 Å². The van der Waals surface area contributed by atoms with Crippen LogP contribution in [0.3, 0.4) is 0 Å². The zero-order chi connectivity index (χ0) is 30.1. The van der Waals surface area contributed by atoms with Gasteiger partial charge >= 0.3 is 12.5 Å². The molecular formula is C27H34ClF4N5O4. The van der Waals surface area contributed by atoms with Gasteiger partial charge < -0.3 is 24.4 Å². The highest BCUT2D eigenvalue weighted by Gasteiger charge is 2.42. The van der Waals surface area contributed by atoms with Crippen LogP contribution in [0.4, 0.5) is 39.8 Å². The van der Waals surface area contributed by atoms with Gasteiger partial charge in [0.25, 0.3) is 0 Å². The van der Waals surface area contributed by atoms with E-state index in [1.165, 1.54) is 17.0 Å². The van der Waals surface area contributed by atoms with Gasteiger partial charge in [-0.1, -0.05) is 11.6 Å². The number of cyclic esters (lactones) is 1. The fourth-order valence-corrected chi connectivity index (χ4v) is 5.28. The Balaban J connectivity index is 1.41. The Bertz CT molecular complexity index is 1240. The summed E-state index contributed by atoms with van der Waals surface area (Å²) >= 11 is 5.88. The van der Waals surface area contributed by atoms with Crippen LogP contribution < -0.4 is 19.9 Å². The first-order chi connectivity index (χ1) is 19.1. The first kappa shape index (κ1) is 30.9. The van der Waals surface area contributed by atoms with Crippen molar-refractivity contribution in [2.75, 3.05) is 34.8 Å². The van der Waals surface area contributed by atoms with Crippen molar-refractivity contribution in [2.45, 2.75) is 77.6 Å². The van der Waals surface area contributed by atoms with E-state index >= 15 is 0 Å². The number of amides is 1. The number of rotatable bonds is 8. The molecule has 41 heavy (non-hydrogen) atoms. The van der Waals surface area contributed by atoms with Crippen LogP contribution in [-0.4, -0.2) is 65.9 Å². The normalized spacial score (nSPS) is 20.1. The number of hydrogen-bond donors (Lipinski definition) is 1. The minimum atomic E-state index is -4.84. The summed E-state index contributed by atoms with van der Waals surface area (Å²) in [6.45, 7) is 10.6. The summed E-state index contributed by atoms with van der Waals surface area (Å²) in [6.07, 6.45) is -3.54. The molecule has 0 saturated carbocycles. The predicted molar refractivity (Wildman–Crippen MR) is 146 cm³/mol. The van der Waals surface area contributed by atoms with Gasteiger partial charge in [-0.25, -0.2) is 19.1 Å². The van der Waals surface area contributed by atoms with Crippen molar-refractivity contribution in [2.24, 2.45) is 5.92 Å². The molecule has 1 aromatic heterocycles. The molecule has 0 unspecified atom stereocenters. The van der Waals surface area contributed by atoms with Crippen molar-refractivity contribution in [3.8, 4) is 5.75 Å². The molecule has 4 rings (SSSR count). The van der Waals surface area contributed by atoms with Gasteiger partial charge in [0.15, 0.2) is 11.6 Å². The summed E-state index contributed by atoms with van der Waals surface area (Å²) in [4.78, 5) is 24.1. The number of ether oxygens (including phenoxy) is 3. The van der Waals surface area contributed by atoms with Gasteiger partial charge in [-0.05, 0) is 65.5 Å². The summed E-state index contributed by atoms with van der Waals surface area (Å²) in [5.74, 6) is -1.07. The minimum Gasteiger partial charge on any atom is -0.447 e. The highest BCUT2D eigenvalue weighted by atomic mass is 35.5. The zero-order valence-corrected chi connectivity index (χ0v) is 24.2. The lowest BCUT2D eigenvalue weighted by Gasteiger charge is -2.36. The third-order valence-corrected chi connectivity index (χ3v) is 7.36. The molecule has 226 valence electrons. The van der Waals surface area contributed by atoms with Crippen LogP contribution in [0.5, 0.6) is 5.75 Å². The van der Waals surface area contributed by atoms with Crippen molar-refractivity contribution in [1.82, 2.24) is 9.97 Å². The second-order valence-corrected chi connectivity index (χ2v) is 11.6. The second kappa shape index (κ2) is 12.0. The highest BCUT2D eigenvalue weighted by Crippen LogP contribution is 2.36. The van der Waals surface area contributed by atoms with E-state index in [9.17, 15) is 22.4 Å². The third-order valence-electron chi connectivity index (χ3n) is 7.05. The molecule has 3 heterocycles. The van der Waals surface area contributed by atoms with E-state index in [1.54, 1.807) is 13.0 Å². The SMILES string of the molecule is C[C@H](Nc1ncc(F)c(N2C(=O)OC[C@@H]2[C@H](C)OC(C)(C)C)n1)C1CCN(c2ccc(Cl)c(OC(F)(F)F)c2)CC1. The number of anilines is 3. The molecule has 9 nitrogen and oxygen atoms in total. The number of benzene rings is 1. The third kappa shape index (κ3) is 7.82. The molecule has 2 aromatic rings. The van der Waals surface area contributed by atoms with E-state index in [0.29, 0.717) is 18.8 Å². The van der Waals surface area contributed by atoms with Crippen molar-refractivity contribution in [1.29, 1.82) is 0 Å². The number of nitrogens with zero attached hydrogens (tertiary/aromatic N) is 4. The summed E-state index contributed by atoms with van der Waals surface area (Å²) in [5, 5.41) is 3.09. The Morgan fingerprint density at radius 3 is 2.49 bits per heavy atom. The maximum atomic E-state index is 14.9. The van der Waals surface area contributed by atoms with Gasteiger partial charge in [-0.3, -0.25) is 0 Å². The smallest absolute Gasteiger partial charge is 0.447 e. The molecule has 14 heteroatoms. The Kier molecular flexibility index (Phi) is 9.07. The van der Waals surface area contributed by atoms with Crippen molar-refractivity contribution < 1.29 is 36.6 Å². The second-order valence-electron chi connectivity index (χ2n) is 11.2. The van der Waals surface area contributed by atoms with Crippen LogP contribution in [0.25, 0.3) is 0 Å². The molecule has 2 saturated heterocycles. The van der Waals surface area contributed by atoms with E-state index in [1.807, 2.05) is 32.6 Å². The van der Waals surface area contributed by atoms with E-state index in [-0.39, 0.29) is 35.4 Å². The fourth-order valence-electron chi connectivity index (χ4n) is 5.13. The number of aromatic nitrogens is 2. The largest absolute Gasteiger partial charge is 0.573 e. The molecule has 2 fully saturated rings. The minimum absolute atomic E-state index is 0.0364. The molecule has 1 aromatic carbocycles. The molecule has 2 aliphatic rings. The van der Waals surface area contributed by atoms with Gasteiger partial charge in [-0.15, -0.1) is 13.2 Å². The Labute approximate surface area is 241 Å². The Morgan fingerprint density at radius 2 is 1.85 bits per heavy atom. The highest BCUT2D eigenvalue weighted by molar-refractivity contribution is 6.32. The van der Waals surface area contributed by atoms with Crippen LogP contribution in [0.1, 0.15) is 47.5 Å². The first-order valence-electron chi connectivity index (χ1n) is 13.3. The van der Waals surface area contributed by atoms with Gasteiger partial charge in [0.1, 0.15) is 18.4 Å². The monoisotopic (exact) mass is 603 g/mol. The van der Waals surface area contributed by atoms with E-state index in [0.717, 1.165) is 19.0 Å². The van der Waals surface area contributed by atoms with Crippen LogP contribution >= 0.6 is 11.6 Å². The van der Waals surface area contributed by atoms with Gasteiger partial charge in [-0.2, -0.15) is 4.98 Å². The van der Waals surface area contributed by atoms with E-state index in [4.69, 9.17) is 21.1 Å². The van der Waals surface area contributed by atoms with Crippen molar-refractivity contribution in [3.05, 3.63) is 35.2 Å². The number of piperidine rings is 1.